The van der Waals surface area contributed by atoms with Gasteiger partial charge in [0.05, 0.1) is 0 Å². The third kappa shape index (κ3) is 4.04. The first-order valence-corrected chi connectivity index (χ1v) is 12.5. The summed E-state index contributed by atoms with van der Waals surface area (Å²) in [6, 6.07) is 8.31. The van der Waals surface area contributed by atoms with Gasteiger partial charge in [0.1, 0.15) is 27.2 Å². The van der Waals surface area contributed by atoms with E-state index >= 15 is 0 Å². The molecule has 4 rings (SSSR count). The topological polar surface area (TPSA) is 157 Å². The Morgan fingerprint density at radius 2 is 2.09 bits per heavy atom. The van der Waals surface area contributed by atoms with Crippen LogP contribution in [0.2, 0.25) is 0 Å². The summed E-state index contributed by atoms with van der Waals surface area (Å²) in [5.41, 5.74) is -1.05. The van der Waals surface area contributed by atoms with Gasteiger partial charge in [-0.15, -0.1) is 16.9 Å². The van der Waals surface area contributed by atoms with Crippen LogP contribution in [0.15, 0.2) is 46.8 Å². The predicted octanol–water partition coefficient (Wildman–Crippen LogP) is -0.551. The van der Waals surface area contributed by atoms with Crippen molar-refractivity contribution in [2.24, 2.45) is 7.05 Å². The Kier molecular flexibility index (Phi) is 6.88. The number of thioether (sulfide) groups is 2. The van der Waals surface area contributed by atoms with E-state index in [1.54, 1.807) is 37.4 Å². The maximum Gasteiger partial charge on any atom is 0.352 e. The van der Waals surface area contributed by atoms with Crippen LogP contribution < -0.4 is 5.32 Å². The second-order valence-corrected chi connectivity index (χ2v) is 9.73. The summed E-state index contributed by atoms with van der Waals surface area (Å²) in [6.07, 6.45) is 0. The van der Waals surface area contributed by atoms with Crippen LogP contribution in [0.25, 0.3) is 0 Å². The van der Waals surface area contributed by atoms with Gasteiger partial charge in [-0.3, -0.25) is 14.5 Å². The maximum absolute atomic E-state index is 13.2. The van der Waals surface area contributed by atoms with Gasteiger partial charge in [-0.25, -0.2) is 13.7 Å². The summed E-state index contributed by atoms with van der Waals surface area (Å²) in [7, 11) is 2.91. The van der Waals surface area contributed by atoms with Crippen molar-refractivity contribution in [1.82, 2.24) is 30.4 Å². The summed E-state index contributed by atoms with van der Waals surface area (Å²) < 4.78 is 18.6. The smallest absolute Gasteiger partial charge is 0.352 e. The highest BCUT2D eigenvalue weighted by molar-refractivity contribution is 8.01. The van der Waals surface area contributed by atoms with Gasteiger partial charge in [-0.05, 0) is 16.0 Å². The van der Waals surface area contributed by atoms with Crippen LogP contribution in [-0.4, -0.2) is 86.8 Å². The number of carbonyl (C=O) groups is 3. The predicted molar refractivity (Wildman–Crippen MR) is 124 cm³/mol. The Balaban J connectivity index is 1.58. The van der Waals surface area contributed by atoms with Crippen LogP contribution in [-0.2, 0) is 37.4 Å². The molecule has 2 aliphatic rings. The fraction of sp³-hybridized carbons (Fsp3) is 0.316. The number of nitrogens with zero attached hydrogens (tertiary/aromatic N) is 5. The van der Waals surface area contributed by atoms with Crippen LogP contribution in [0.5, 0.6) is 0 Å². The van der Waals surface area contributed by atoms with E-state index in [2.05, 4.69) is 20.8 Å². The van der Waals surface area contributed by atoms with Crippen molar-refractivity contribution < 1.29 is 28.4 Å². The van der Waals surface area contributed by atoms with Crippen molar-refractivity contribution in [3.63, 3.8) is 0 Å². The molecule has 2 atom stereocenters. The lowest BCUT2D eigenvalue weighted by molar-refractivity contribution is -0.191. The Morgan fingerprint density at radius 3 is 2.68 bits per heavy atom. The van der Waals surface area contributed by atoms with Gasteiger partial charge in [0.2, 0.25) is 5.16 Å². The molecule has 1 fully saturated rings. The summed E-state index contributed by atoms with van der Waals surface area (Å²) in [5, 5.41) is 23.2. The Morgan fingerprint density at radius 1 is 1.35 bits per heavy atom. The number of amides is 2. The number of rotatable bonds is 8. The number of ether oxygens (including phenoxy) is 1. The number of tetrazole rings is 1. The molecule has 34 heavy (non-hydrogen) atoms. The van der Waals surface area contributed by atoms with Crippen molar-refractivity contribution in [3.8, 4) is 0 Å². The normalized spacial score (nSPS) is 21.5. The molecule has 15 heteroatoms. The molecule has 0 aliphatic carbocycles. The first kappa shape index (κ1) is 24.1. The first-order chi connectivity index (χ1) is 16.3. The molecular formula is C19H18N6O6S3. The highest BCUT2D eigenvalue weighted by Gasteiger charge is 2.66. The molecule has 178 valence electrons. The van der Waals surface area contributed by atoms with E-state index in [1.165, 1.54) is 35.3 Å². The van der Waals surface area contributed by atoms with Crippen molar-refractivity contribution >= 4 is 57.4 Å². The lowest BCUT2D eigenvalue weighted by Gasteiger charge is -2.55. The Bertz CT molecular complexity index is 1240. The molecule has 0 unspecified atom stereocenters. The summed E-state index contributed by atoms with van der Waals surface area (Å²) in [4.78, 5) is 39.2. The van der Waals surface area contributed by atoms with Gasteiger partial charge in [0.15, 0.2) is 0 Å². The molecule has 12 nitrogen and oxygen atoms in total. The minimum absolute atomic E-state index is 0.00274. The van der Waals surface area contributed by atoms with Gasteiger partial charge < -0.3 is 15.2 Å². The molecule has 0 radical (unpaired) electrons. The molecule has 1 aromatic carbocycles. The second kappa shape index (κ2) is 9.69. The highest BCUT2D eigenvalue weighted by atomic mass is 32.2. The van der Waals surface area contributed by atoms with Gasteiger partial charge in [0, 0.05) is 31.2 Å². The van der Waals surface area contributed by atoms with E-state index in [0.29, 0.717) is 16.3 Å². The molecule has 2 aromatic rings. The zero-order chi connectivity index (χ0) is 24.5. The largest absolute Gasteiger partial charge is 0.477 e. The molecule has 2 aliphatic heterocycles. The maximum atomic E-state index is 13.2. The number of methoxy groups -OCH3 is 1. The van der Waals surface area contributed by atoms with Crippen molar-refractivity contribution in [1.29, 1.82) is 0 Å². The van der Waals surface area contributed by atoms with E-state index < -0.39 is 28.9 Å². The third-order valence-corrected chi connectivity index (χ3v) is 8.27. The molecule has 2 N–H and O–H groups in total. The fourth-order valence-corrected chi connectivity index (χ4v) is 6.37. The number of fused-ring (bicyclic) bond motifs is 1. The van der Waals surface area contributed by atoms with Crippen LogP contribution in [0.3, 0.4) is 0 Å². The molecule has 2 amide bonds. The number of aliphatic carboxylic acids is 1. The number of benzene rings is 1. The minimum Gasteiger partial charge on any atom is -0.477 e. The molecular weight excluding hydrogens is 504 g/mol. The van der Waals surface area contributed by atoms with Crippen molar-refractivity contribution in [2.45, 2.75) is 16.3 Å². The molecule has 0 spiro atoms. The number of hydrogen-bond acceptors (Lipinski definition) is 10. The number of carboxylic acids is 1. The van der Waals surface area contributed by atoms with Crippen LogP contribution in [0.1, 0.15) is 5.56 Å². The summed E-state index contributed by atoms with van der Waals surface area (Å²) in [5.74, 6) is -2.25. The van der Waals surface area contributed by atoms with Crippen LogP contribution in [0, 0.1) is 0 Å². The van der Waals surface area contributed by atoms with Crippen molar-refractivity contribution in [2.75, 3.05) is 18.6 Å². The summed E-state index contributed by atoms with van der Waals surface area (Å²) >= 11 is 2.50. The quantitative estimate of drug-likeness (QED) is 0.151. The first-order valence-electron chi connectivity index (χ1n) is 9.69. The van der Waals surface area contributed by atoms with E-state index in [-0.39, 0.29) is 33.3 Å². The molecule has 1 saturated heterocycles. The van der Waals surface area contributed by atoms with Gasteiger partial charge >= 0.3 is 5.97 Å². The number of nitrogens with one attached hydrogen (secondary N) is 1. The summed E-state index contributed by atoms with van der Waals surface area (Å²) in [6.45, 7) is 0. The second-order valence-electron chi connectivity index (χ2n) is 7.14. The van der Waals surface area contributed by atoms with Gasteiger partial charge in [-0.1, -0.05) is 42.1 Å². The molecule has 0 bridgehead atoms. The van der Waals surface area contributed by atoms with Crippen molar-refractivity contribution in [3.05, 3.63) is 47.2 Å². The van der Waals surface area contributed by atoms with E-state index in [4.69, 9.17) is 4.74 Å². The number of β-lactam (4-membered cyclic amide) rings is 1. The van der Waals surface area contributed by atoms with Crippen LogP contribution in [0.4, 0.5) is 0 Å². The number of aryl methyl sites for hydroxylation is 1. The van der Waals surface area contributed by atoms with Gasteiger partial charge in [0.25, 0.3) is 17.5 Å². The van der Waals surface area contributed by atoms with Gasteiger partial charge in [-0.2, -0.15) is 0 Å². The lowest BCUT2D eigenvalue weighted by atomic mass is 9.97. The average molecular weight is 523 g/mol. The average Bonchev–Trinajstić information content (AvgIpc) is 3.25. The number of aromatic nitrogens is 4. The highest BCUT2D eigenvalue weighted by Crippen LogP contribution is 2.47. The minimum atomic E-state index is -1.80. The molecule has 3 heterocycles. The standard InChI is InChI=1S/C19H18N6O6S3/c1-24-18(21-22-23-24)33-9-11-8-32-17-19(31-2,16(29)25(17)12(11)15(27)28)20-14(26)13(34-30)10-6-4-3-5-7-10/h3-7,17H,8-9H2,1-2H3,(H,20,26)(H,27,28)/t17-,19+/m1/s1. The zero-order valence-corrected chi connectivity index (χ0v) is 20.3. The molecule has 1 aromatic heterocycles. The number of carbonyl (C=O) groups excluding carboxylic acids is 2. The van der Waals surface area contributed by atoms with E-state index in [0.717, 1.165) is 4.90 Å². The number of hydrogen-bond donors (Lipinski definition) is 2. The van der Waals surface area contributed by atoms with Crippen LogP contribution >= 0.6 is 23.5 Å². The Hall–Kier alpha value is -3.01. The fourth-order valence-electron chi connectivity index (χ4n) is 3.58. The number of carboxylic acid groups (broad SMARTS) is 1. The monoisotopic (exact) mass is 522 g/mol. The Labute approximate surface area is 205 Å². The third-order valence-electron chi connectivity index (χ3n) is 5.22. The molecule has 0 saturated carbocycles. The lowest BCUT2D eigenvalue weighted by Crippen LogP contribution is -2.81. The zero-order valence-electron chi connectivity index (χ0n) is 17.8. The van der Waals surface area contributed by atoms with E-state index in [1.807, 2.05) is 0 Å². The van der Waals surface area contributed by atoms with E-state index in [9.17, 15) is 23.7 Å². The SMILES string of the molecule is CO[C@@]1(NC(=O)C(=S=O)c2ccccc2)C(=O)N2C(C(=O)O)=C(CSc3nnnn3C)CS[C@@H]21.